The van der Waals surface area contributed by atoms with Gasteiger partial charge in [-0.2, -0.15) is 13.2 Å². The van der Waals surface area contributed by atoms with Gasteiger partial charge in [0.2, 0.25) is 5.91 Å². The van der Waals surface area contributed by atoms with Crippen LogP contribution >= 0.6 is 0 Å². The SMILES string of the molecule is CN(C)C(=O)Cn1c2c(ccc1=O)CCN(Cc1ccccn1)CC2.O=C(O)C(F)(F)F. The number of carboxylic acids is 1. The Labute approximate surface area is 182 Å². The lowest BCUT2D eigenvalue weighted by atomic mass is 10.1. The minimum Gasteiger partial charge on any atom is -0.475 e. The van der Waals surface area contributed by atoms with Crippen LogP contribution in [-0.2, 0) is 35.5 Å². The first-order valence-corrected chi connectivity index (χ1v) is 9.83. The zero-order valence-corrected chi connectivity index (χ0v) is 17.8. The van der Waals surface area contributed by atoms with Crippen molar-refractivity contribution in [2.75, 3.05) is 27.2 Å². The van der Waals surface area contributed by atoms with Gasteiger partial charge < -0.3 is 14.6 Å². The maximum absolute atomic E-state index is 12.3. The van der Waals surface area contributed by atoms with Crippen LogP contribution < -0.4 is 5.56 Å². The molecule has 0 bridgehead atoms. The Bertz CT molecular complexity index is 991. The summed E-state index contributed by atoms with van der Waals surface area (Å²) in [6, 6.07) is 9.44. The quantitative estimate of drug-likeness (QED) is 0.754. The number of alkyl halides is 3. The normalized spacial score (nSPS) is 13.9. The minimum atomic E-state index is -5.08. The van der Waals surface area contributed by atoms with Crippen LogP contribution in [0, 0.1) is 0 Å². The van der Waals surface area contributed by atoms with E-state index in [-0.39, 0.29) is 18.0 Å². The van der Waals surface area contributed by atoms with Crippen molar-refractivity contribution in [3.8, 4) is 0 Å². The summed E-state index contributed by atoms with van der Waals surface area (Å²) in [7, 11) is 3.42. The van der Waals surface area contributed by atoms with E-state index in [2.05, 4.69) is 9.88 Å². The molecule has 0 saturated heterocycles. The molecule has 0 fully saturated rings. The molecule has 0 aromatic carbocycles. The Balaban J connectivity index is 0.000000451. The lowest BCUT2D eigenvalue weighted by molar-refractivity contribution is -0.192. The van der Waals surface area contributed by atoms with Crippen molar-refractivity contribution in [3.63, 3.8) is 0 Å². The molecule has 1 N–H and O–H groups in total. The number of hydrogen-bond donors (Lipinski definition) is 1. The molecule has 3 heterocycles. The van der Waals surface area contributed by atoms with Gasteiger partial charge in [-0.3, -0.25) is 19.5 Å². The monoisotopic (exact) mass is 454 g/mol. The van der Waals surface area contributed by atoms with E-state index in [0.29, 0.717) is 0 Å². The molecule has 174 valence electrons. The number of hydrogen-bond acceptors (Lipinski definition) is 5. The number of carbonyl (C=O) groups excluding carboxylic acids is 1. The summed E-state index contributed by atoms with van der Waals surface area (Å²) >= 11 is 0. The van der Waals surface area contributed by atoms with Gasteiger partial charge in [-0.05, 0) is 24.1 Å². The minimum absolute atomic E-state index is 0.0647. The first-order chi connectivity index (χ1) is 15.0. The first-order valence-electron chi connectivity index (χ1n) is 9.83. The van der Waals surface area contributed by atoms with Crippen molar-refractivity contribution >= 4 is 11.9 Å². The summed E-state index contributed by atoms with van der Waals surface area (Å²) in [6.45, 7) is 2.68. The summed E-state index contributed by atoms with van der Waals surface area (Å²) in [6.07, 6.45) is -1.63. The van der Waals surface area contributed by atoms with Crippen LogP contribution in [0.3, 0.4) is 0 Å². The lowest BCUT2D eigenvalue weighted by Gasteiger charge is -2.19. The maximum atomic E-state index is 12.3. The number of rotatable bonds is 4. The number of likely N-dealkylation sites (N-methyl/N-ethyl adjacent to an activating group) is 1. The zero-order valence-electron chi connectivity index (χ0n) is 17.8. The van der Waals surface area contributed by atoms with Gasteiger partial charge in [0, 0.05) is 58.1 Å². The molecule has 0 aliphatic carbocycles. The molecule has 8 nitrogen and oxygen atoms in total. The second-order valence-electron chi connectivity index (χ2n) is 7.42. The Morgan fingerprint density at radius 2 is 1.78 bits per heavy atom. The van der Waals surface area contributed by atoms with Gasteiger partial charge in [0.05, 0.1) is 5.69 Å². The van der Waals surface area contributed by atoms with Gasteiger partial charge in [-0.1, -0.05) is 12.1 Å². The second-order valence-corrected chi connectivity index (χ2v) is 7.42. The van der Waals surface area contributed by atoms with Crippen molar-refractivity contribution in [1.29, 1.82) is 0 Å². The maximum Gasteiger partial charge on any atom is 0.490 e. The van der Waals surface area contributed by atoms with Crippen LogP contribution in [0.25, 0.3) is 0 Å². The number of amides is 1. The van der Waals surface area contributed by atoms with Gasteiger partial charge in [-0.25, -0.2) is 4.79 Å². The summed E-state index contributed by atoms with van der Waals surface area (Å²) in [5, 5.41) is 7.12. The van der Waals surface area contributed by atoms with Crippen molar-refractivity contribution < 1.29 is 27.9 Å². The molecule has 0 radical (unpaired) electrons. The van der Waals surface area contributed by atoms with Gasteiger partial charge in [0.15, 0.2) is 0 Å². The smallest absolute Gasteiger partial charge is 0.475 e. The Morgan fingerprint density at radius 1 is 1.12 bits per heavy atom. The second kappa shape index (κ2) is 10.9. The lowest BCUT2D eigenvalue weighted by Crippen LogP contribution is -2.33. The molecule has 1 aliphatic rings. The highest BCUT2D eigenvalue weighted by molar-refractivity contribution is 5.75. The highest BCUT2D eigenvalue weighted by atomic mass is 19.4. The topological polar surface area (TPSA) is 95.7 Å². The van der Waals surface area contributed by atoms with Crippen molar-refractivity contribution in [1.82, 2.24) is 19.4 Å². The summed E-state index contributed by atoms with van der Waals surface area (Å²) in [4.78, 5) is 41.6. The van der Waals surface area contributed by atoms with Gasteiger partial charge >= 0.3 is 12.1 Å². The van der Waals surface area contributed by atoms with E-state index in [4.69, 9.17) is 9.90 Å². The number of aromatic nitrogens is 2. The molecule has 32 heavy (non-hydrogen) atoms. The first kappa shape index (κ1) is 25.1. The number of fused-ring (bicyclic) bond motifs is 1. The van der Waals surface area contributed by atoms with E-state index in [0.717, 1.165) is 49.4 Å². The van der Waals surface area contributed by atoms with Crippen molar-refractivity contribution in [3.05, 3.63) is 63.8 Å². The summed E-state index contributed by atoms with van der Waals surface area (Å²) < 4.78 is 33.4. The molecule has 11 heteroatoms. The Hall–Kier alpha value is -3.21. The largest absolute Gasteiger partial charge is 0.490 e. The van der Waals surface area contributed by atoms with E-state index < -0.39 is 12.1 Å². The molecule has 0 atom stereocenters. The van der Waals surface area contributed by atoms with Crippen LogP contribution in [0.4, 0.5) is 13.2 Å². The molecule has 0 unspecified atom stereocenters. The average Bonchev–Trinajstić information content (AvgIpc) is 2.93. The number of pyridine rings is 2. The average molecular weight is 454 g/mol. The van der Waals surface area contributed by atoms with E-state index >= 15 is 0 Å². The fourth-order valence-electron chi connectivity index (χ4n) is 3.17. The number of carboxylic acid groups (broad SMARTS) is 1. The fourth-order valence-corrected chi connectivity index (χ4v) is 3.17. The van der Waals surface area contributed by atoms with E-state index in [1.165, 1.54) is 4.90 Å². The van der Waals surface area contributed by atoms with Crippen LogP contribution in [0.2, 0.25) is 0 Å². The molecule has 2 aromatic heterocycles. The molecule has 1 amide bonds. The zero-order chi connectivity index (χ0) is 23.9. The fraction of sp³-hybridized carbons (Fsp3) is 0.429. The third-order valence-electron chi connectivity index (χ3n) is 4.90. The summed E-state index contributed by atoms with van der Waals surface area (Å²) in [5.74, 6) is -2.82. The third-order valence-corrected chi connectivity index (χ3v) is 4.90. The van der Waals surface area contributed by atoms with Crippen molar-refractivity contribution in [2.45, 2.75) is 32.1 Å². The molecule has 1 aliphatic heterocycles. The number of aliphatic carboxylic acids is 1. The predicted octanol–water partition coefficient (Wildman–Crippen LogP) is 1.57. The Kier molecular flexibility index (Phi) is 8.53. The van der Waals surface area contributed by atoms with E-state index in [1.807, 2.05) is 30.5 Å². The standard InChI is InChI=1S/C19H24N4O2.C2HF3O2/c1-21(2)19(25)14-23-17-9-12-22(13-16-5-3-4-10-20-16)11-8-15(17)6-7-18(23)24;3-2(4,5)1(6)7/h3-7,10H,8-9,11-14H2,1-2H3;(H,6,7). The van der Waals surface area contributed by atoms with Crippen LogP contribution in [-0.4, -0.2) is 69.7 Å². The van der Waals surface area contributed by atoms with Gasteiger partial charge in [-0.15, -0.1) is 0 Å². The highest BCUT2D eigenvalue weighted by Crippen LogP contribution is 2.16. The molecule has 2 aromatic rings. The molecule has 3 rings (SSSR count). The molecule has 0 saturated carbocycles. The number of halogens is 3. The third kappa shape index (κ3) is 7.19. The number of nitrogens with zero attached hydrogens (tertiary/aromatic N) is 4. The van der Waals surface area contributed by atoms with E-state index in [1.54, 1.807) is 24.7 Å². The van der Waals surface area contributed by atoms with Crippen LogP contribution in [0.15, 0.2) is 41.3 Å². The van der Waals surface area contributed by atoms with Crippen LogP contribution in [0.1, 0.15) is 17.0 Å². The van der Waals surface area contributed by atoms with Gasteiger partial charge in [0.1, 0.15) is 6.54 Å². The predicted molar refractivity (Wildman–Crippen MR) is 110 cm³/mol. The van der Waals surface area contributed by atoms with Crippen LogP contribution in [0.5, 0.6) is 0 Å². The Morgan fingerprint density at radius 3 is 2.34 bits per heavy atom. The van der Waals surface area contributed by atoms with E-state index in [9.17, 15) is 22.8 Å². The molecule has 0 spiro atoms. The van der Waals surface area contributed by atoms with Gasteiger partial charge in [0.25, 0.3) is 5.56 Å². The molecular formula is C21H25F3N4O4. The molecular weight excluding hydrogens is 429 g/mol. The highest BCUT2D eigenvalue weighted by Gasteiger charge is 2.38. The van der Waals surface area contributed by atoms with Crippen molar-refractivity contribution in [2.24, 2.45) is 0 Å². The number of carbonyl (C=O) groups is 2. The summed E-state index contributed by atoms with van der Waals surface area (Å²) in [5.41, 5.74) is 3.10.